The molecule has 1 atom stereocenters. The summed E-state index contributed by atoms with van der Waals surface area (Å²) in [6.07, 6.45) is 0.458. The molecule has 0 aliphatic heterocycles. The zero-order chi connectivity index (χ0) is 15.3. The fourth-order valence-corrected chi connectivity index (χ4v) is 1.48. The minimum atomic E-state index is -0.812. The summed E-state index contributed by atoms with van der Waals surface area (Å²) in [5.74, 6) is -0.710. The zero-order valence-electron chi connectivity index (χ0n) is 10.6. The van der Waals surface area contributed by atoms with Gasteiger partial charge in [0.15, 0.2) is 0 Å². The molecule has 2 N–H and O–H groups in total. The smallest absolute Gasteiger partial charge is 0.277 e. The maximum Gasteiger partial charge on any atom is 0.277 e. The van der Waals surface area contributed by atoms with Gasteiger partial charge in [-0.05, 0) is 6.42 Å². The molecule has 0 saturated carbocycles. The molecule has 1 aromatic carbocycles. The molecule has 0 spiro atoms. The summed E-state index contributed by atoms with van der Waals surface area (Å²) >= 11 is 0. The Morgan fingerprint density at radius 3 is 2.10 bits per heavy atom. The van der Waals surface area contributed by atoms with Crippen molar-refractivity contribution < 1.29 is 19.7 Å². The van der Waals surface area contributed by atoms with Crippen molar-refractivity contribution in [3.05, 3.63) is 44.0 Å². The number of aliphatic hydroxyl groups excluding tert-OH is 1. The van der Waals surface area contributed by atoms with Crippen LogP contribution in [0.15, 0.2) is 18.2 Å². The average molecular weight is 283 g/mol. The molecule has 1 aromatic rings. The van der Waals surface area contributed by atoms with Gasteiger partial charge >= 0.3 is 0 Å². The van der Waals surface area contributed by atoms with Crippen LogP contribution in [-0.2, 0) is 0 Å². The van der Waals surface area contributed by atoms with E-state index in [0.717, 1.165) is 18.2 Å². The van der Waals surface area contributed by atoms with E-state index in [2.05, 4.69) is 5.32 Å². The number of nitro benzene ring substituents is 2. The molecule has 0 unspecified atom stereocenters. The van der Waals surface area contributed by atoms with Crippen molar-refractivity contribution in [3.8, 4) is 0 Å². The third-order valence-electron chi connectivity index (χ3n) is 2.63. The minimum Gasteiger partial charge on any atom is -0.394 e. The third kappa shape index (κ3) is 3.72. The molecule has 0 aliphatic rings. The molecule has 0 aromatic heterocycles. The van der Waals surface area contributed by atoms with Crippen LogP contribution in [0.4, 0.5) is 11.4 Å². The predicted molar refractivity (Wildman–Crippen MR) is 68.4 cm³/mol. The molecule has 0 radical (unpaired) electrons. The van der Waals surface area contributed by atoms with E-state index in [4.69, 9.17) is 5.11 Å². The Labute approximate surface area is 113 Å². The molecule has 0 fully saturated rings. The fraction of sp³-hybridized carbons (Fsp3) is 0.364. The van der Waals surface area contributed by atoms with Crippen molar-refractivity contribution in [2.45, 2.75) is 19.4 Å². The van der Waals surface area contributed by atoms with Crippen LogP contribution in [0.1, 0.15) is 23.7 Å². The largest absolute Gasteiger partial charge is 0.394 e. The van der Waals surface area contributed by atoms with Gasteiger partial charge in [0.05, 0.1) is 34.1 Å². The Bertz CT molecular complexity index is 509. The summed E-state index contributed by atoms with van der Waals surface area (Å²) < 4.78 is 0. The number of rotatable bonds is 6. The first-order valence-corrected chi connectivity index (χ1v) is 5.74. The van der Waals surface area contributed by atoms with E-state index in [9.17, 15) is 25.0 Å². The van der Waals surface area contributed by atoms with E-state index in [1.54, 1.807) is 6.92 Å². The zero-order valence-corrected chi connectivity index (χ0v) is 10.6. The average Bonchev–Trinajstić information content (AvgIpc) is 2.43. The van der Waals surface area contributed by atoms with Crippen molar-refractivity contribution in [2.75, 3.05) is 6.61 Å². The van der Waals surface area contributed by atoms with Gasteiger partial charge in [0.25, 0.3) is 17.3 Å². The van der Waals surface area contributed by atoms with Crippen LogP contribution in [0.5, 0.6) is 0 Å². The van der Waals surface area contributed by atoms with Crippen LogP contribution in [0.2, 0.25) is 0 Å². The number of nitrogens with zero attached hydrogens (tertiary/aromatic N) is 2. The Hall–Kier alpha value is -2.55. The van der Waals surface area contributed by atoms with Crippen LogP contribution in [0.25, 0.3) is 0 Å². The highest BCUT2D eigenvalue weighted by Gasteiger charge is 2.20. The van der Waals surface area contributed by atoms with Gasteiger partial charge in [-0.3, -0.25) is 25.0 Å². The van der Waals surface area contributed by atoms with Gasteiger partial charge in [-0.2, -0.15) is 0 Å². The lowest BCUT2D eigenvalue weighted by molar-refractivity contribution is -0.394. The van der Waals surface area contributed by atoms with Crippen LogP contribution < -0.4 is 5.32 Å². The number of hydrogen-bond acceptors (Lipinski definition) is 6. The summed E-state index contributed by atoms with van der Waals surface area (Å²) in [5, 5.41) is 32.8. The van der Waals surface area contributed by atoms with E-state index in [1.807, 2.05) is 0 Å². The van der Waals surface area contributed by atoms with E-state index in [-0.39, 0.29) is 12.2 Å². The van der Waals surface area contributed by atoms with Gasteiger partial charge in [0.1, 0.15) is 0 Å². The van der Waals surface area contributed by atoms with Crippen LogP contribution in [0.3, 0.4) is 0 Å². The molecule has 9 nitrogen and oxygen atoms in total. The van der Waals surface area contributed by atoms with Gasteiger partial charge in [-0.15, -0.1) is 0 Å². The Kier molecular flexibility index (Phi) is 5.09. The first-order valence-electron chi connectivity index (χ1n) is 5.74. The van der Waals surface area contributed by atoms with Crippen LogP contribution in [-0.4, -0.2) is 33.5 Å². The number of hydrogen-bond donors (Lipinski definition) is 2. The molecule has 1 amide bonds. The van der Waals surface area contributed by atoms with Crippen molar-refractivity contribution in [1.82, 2.24) is 5.32 Å². The lowest BCUT2D eigenvalue weighted by Gasteiger charge is -2.13. The number of carbonyl (C=O) groups excluding carboxylic acids is 1. The summed E-state index contributed by atoms with van der Waals surface area (Å²) in [6.45, 7) is 1.44. The molecule has 0 saturated heterocycles. The number of carbonyl (C=O) groups is 1. The fourth-order valence-electron chi connectivity index (χ4n) is 1.48. The molecule has 0 aliphatic carbocycles. The lowest BCUT2D eigenvalue weighted by Crippen LogP contribution is -2.36. The highest BCUT2D eigenvalue weighted by Crippen LogP contribution is 2.22. The number of benzene rings is 1. The number of nitrogens with one attached hydrogen (secondary N) is 1. The second-order valence-corrected chi connectivity index (χ2v) is 4.01. The second-order valence-electron chi connectivity index (χ2n) is 4.01. The Morgan fingerprint density at radius 2 is 1.75 bits per heavy atom. The summed E-state index contributed by atoms with van der Waals surface area (Å²) in [6, 6.07) is 2.17. The quantitative estimate of drug-likeness (QED) is 0.590. The normalized spacial score (nSPS) is 11.7. The van der Waals surface area contributed by atoms with Gasteiger partial charge in [-0.1, -0.05) is 6.92 Å². The molecule has 0 bridgehead atoms. The van der Waals surface area contributed by atoms with Crippen LogP contribution in [0, 0.1) is 20.2 Å². The first kappa shape index (κ1) is 15.5. The molecule has 0 heterocycles. The van der Waals surface area contributed by atoms with Crippen molar-refractivity contribution >= 4 is 17.3 Å². The van der Waals surface area contributed by atoms with E-state index >= 15 is 0 Å². The lowest BCUT2D eigenvalue weighted by atomic mass is 10.1. The molecule has 9 heteroatoms. The van der Waals surface area contributed by atoms with Gasteiger partial charge in [-0.25, -0.2) is 0 Å². The van der Waals surface area contributed by atoms with Gasteiger partial charge < -0.3 is 10.4 Å². The van der Waals surface area contributed by atoms with Crippen molar-refractivity contribution in [3.63, 3.8) is 0 Å². The number of aliphatic hydroxyl groups is 1. The standard InChI is InChI=1S/C11H13N3O6/c1-2-8(6-15)12-11(16)7-3-9(13(17)18)5-10(4-7)14(19)20/h3-5,8,15H,2,6H2,1H3,(H,12,16)/t8-/m1/s1. The van der Waals surface area contributed by atoms with Crippen LogP contribution >= 0.6 is 0 Å². The number of nitro groups is 2. The SMILES string of the molecule is CC[C@H](CO)NC(=O)c1cc([N+](=O)[O-])cc([N+](=O)[O-])c1. The topological polar surface area (TPSA) is 136 Å². The molecular formula is C11H13N3O6. The monoisotopic (exact) mass is 283 g/mol. The van der Waals surface area contributed by atoms with Crippen molar-refractivity contribution in [2.24, 2.45) is 0 Å². The molecule has 1 rings (SSSR count). The third-order valence-corrected chi connectivity index (χ3v) is 2.63. The van der Waals surface area contributed by atoms with Gasteiger partial charge in [0.2, 0.25) is 0 Å². The van der Waals surface area contributed by atoms with E-state index in [1.165, 1.54) is 0 Å². The molecular weight excluding hydrogens is 270 g/mol. The molecule has 108 valence electrons. The Balaban J connectivity index is 3.13. The summed E-state index contributed by atoms with van der Waals surface area (Å²) in [5.41, 5.74) is -1.28. The molecule has 20 heavy (non-hydrogen) atoms. The van der Waals surface area contributed by atoms with E-state index in [0.29, 0.717) is 6.42 Å². The highest BCUT2D eigenvalue weighted by molar-refractivity contribution is 5.95. The minimum absolute atomic E-state index is 0.196. The second kappa shape index (κ2) is 6.57. The van der Waals surface area contributed by atoms with E-state index < -0.39 is 33.2 Å². The number of non-ortho nitro benzene ring substituents is 2. The maximum absolute atomic E-state index is 11.9. The summed E-state index contributed by atoms with van der Waals surface area (Å²) in [7, 11) is 0. The highest BCUT2D eigenvalue weighted by atomic mass is 16.6. The maximum atomic E-state index is 11.9. The Morgan fingerprint density at radius 1 is 1.25 bits per heavy atom. The summed E-state index contributed by atoms with van der Waals surface area (Å²) in [4.78, 5) is 31.6. The first-order chi connectivity index (χ1) is 9.38. The number of amides is 1. The van der Waals surface area contributed by atoms with Gasteiger partial charge in [0, 0.05) is 12.1 Å². The van der Waals surface area contributed by atoms with Crippen molar-refractivity contribution in [1.29, 1.82) is 0 Å². The predicted octanol–water partition coefficient (Wildman–Crippen LogP) is 1.00.